The van der Waals surface area contributed by atoms with E-state index in [9.17, 15) is 4.39 Å². The number of halogens is 1. The van der Waals surface area contributed by atoms with Crippen molar-refractivity contribution in [2.75, 3.05) is 17.7 Å². The number of thiazole rings is 1. The summed E-state index contributed by atoms with van der Waals surface area (Å²) in [6.07, 6.45) is 0. The van der Waals surface area contributed by atoms with E-state index in [-0.39, 0.29) is 5.69 Å². The van der Waals surface area contributed by atoms with Crippen LogP contribution in [0.25, 0.3) is 0 Å². The molecule has 84 valence electrons. The van der Waals surface area contributed by atoms with E-state index >= 15 is 0 Å². The molecular weight excluding hydrogens is 225 g/mol. The summed E-state index contributed by atoms with van der Waals surface area (Å²) in [7, 11) is 1.88. The van der Waals surface area contributed by atoms with Crippen LogP contribution >= 0.6 is 11.3 Å². The Morgan fingerprint density at radius 3 is 2.75 bits per heavy atom. The van der Waals surface area contributed by atoms with E-state index in [1.807, 2.05) is 24.3 Å². The van der Waals surface area contributed by atoms with Crippen molar-refractivity contribution in [3.63, 3.8) is 0 Å². The van der Waals surface area contributed by atoms with Crippen LogP contribution in [-0.2, 0) is 0 Å². The number of benzene rings is 1. The van der Waals surface area contributed by atoms with Gasteiger partial charge in [-0.3, -0.25) is 0 Å². The van der Waals surface area contributed by atoms with Crippen LogP contribution in [0.15, 0.2) is 23.6 Å². The van der Waals surface area contributed by atoms with Crippen LogP contribution in [0.1, 0.15) is 5.69 Å². The summed E-state index contributed by atoms with van der Waals surface area (Å²) in [5.41, 5.74) is 7.47. The molecule has 0 spiro atoms. The molecular formula is C11H12FN3S. The highest BCUT2D eigenvalue weighted by Crippen LogP contribution is 2.28. The molecule has 1 aromatic heterocycles. The lowest BCUT2D eigenvalue weighted by Crippen LogP contribution is -2.09. The Labute approximate surface area is 97.3 Å². The molecule has 0 bridgehead atoms. The van der Waals surface area contributed by atoms with E-state index in [4.69, 9.17) is 5.73 Å². The Bertz CT molecular complexity index is 510. The lowest BCUT2D eigenvalue weighted by atomic mass is 10.2. The fourth-order valence-electron chi connectivity index (χ4n) is 1.35. The Morgan fingerprint density at radius 2 is 2.19 bits per heavy atom. The molecule has 16 heavy (non-hydrogen) atoms. The first kappa shape index (κ1) is 10.9. The molecule has 1 heterocycles. The second-order valence-corrected chi connectivity index (χ2v) is 4.37. The molecule has 2 N–H and O–H groups in total. The van der Waals surface area contributed by atoms with Gasteiger partial charge in [0.15, 0.2) is 5.13 Å². The number of aromatic nitrogens is 1. The first-order chi connectivity index (χ1) is 7.58. The van der Waals surface area contributed by atoms with Gasteiger partial charge >= 0.3 is 0 Å². The van der Waals surface area contributed by atoms with Crippen molar-refractivity contribution < 1.29 is 4.39 Å². The van der Waals surface area contributed by atoms with Crippen molar-refractivity contribution in [3.8, 4) is 0 Å². The summed E-state index contributed by atoms with van der Waals surface area (Å²) in [6, 6.07) is 4.65. The molecule has 0 radical (unpaired) electrons. The van der Waals surface area contributed by atoms with E-state index < -0.39 is 5.82 Å². The zero-order valence-electron chi connectivity index (χ0n) is 9.07. The number of nitrogen functional groups attached to an aromatic ring is 1. The summed E-state index contributed by atoms with van der Waals surface area (Å²) < 4.78 is 13.0. The minimum absolute atomic E-state index is 0.151. The fourth-order valence-corrected chi connectivity index (χ4v) is 2.13. The smallest absolute Gasteiger partial charge is 0.189 e. The van der Waals surface area contributed by atoms with Gasteiger partial charge in [0.05, 0.1) is 11.4 Å². The van der Waals surface area contributed by atoms with Gasteiger partial charge in [-0.15, -0.1) is 11.3 Å². The quantitative estimate of drug-likeness (QED) is 0.816. The molecule has 0 saturated heterocycles. The summed E-state index contributed by atoms with van der Waals surface area (Å²) in [4.78, 5) is 6.23. The van der Waals surface area contributed by atoms with Crippen LogP contribution < -0.4 is 10.6 Å². The molecule has 0 fully saturated rings. The molecule has 0 amide bonds. The normalized spacial score (nSPS) is 10.4. The predicted octanol–water partition coefficient (Wildman–Crippen LogP) is 2.94. The number of hydrogen-bond donors (Lipinski definition) is 1. The fraction of sp³-hybridized carbons (Fsp3) is 0.182. The minimum Gasteiger partial charge on any atom is -0.396 e. The maximum Gasteiger partial charge on any atom is 0.189 e. The molecule has 2 aromatic rings. The number of anilines is 3. The number of hydrogen-bond acceptors (Lipinski definition) is 4. The lowest BCUT2D eigenvalue weighted by molar-refractivity contribution is 0.632. The molecule has 0 aliphatic carbocycles. The van der Waals surface area contributed by atoms with Gasteiger partial charge in [-0.25, -0.2) is 9.37 Å². The third-order valence-corrected chi connectivity index (χ3v) is 3.30. The average molecular weight is 237 g/mol. The molecule has 0 aliphatic rings. The largest absolute Gasteiger partial charge is 0.396 e. The number of aryl methyl sites for hydroxylation is 1. The standard InChI is InChI=1S/C11H12FN3S/c1-7-6-16-11(14-7)15(2)8-3-4-9(12)10(13)5-8/h3-6H,13H2,1-2H3. The van der Waals surface area contributed by atoms with Crippen molar-refractivity contribution in [2.24, 2.45) is 0 Å². The minimum atomic E-state index is -0.396. The van der Waals surface area contributed by atoms with Crippen molar-refractivity contribution >= 4 is 27.8 Å². The first-order valence-electron chi connectivity index (χ1n) is 4.79. The second-order valence-electron chi connectivity index (χ2n) is 3.54. The molecule has 0 saturated carbocycles. The van der Waals surface area contributed by atoms with Crippen LogP contribution in [0.4, 0.5) is 20.9 Å². The van der Waals surface area contributed by atoms with Crippen molar-refractivity contribution in [2.45, 2.75) is 6.92 Å². The summed E-state index contributed by atoms with van der Waals surface area (Å²) in [5, 5.41) is 2.84. The van der Waals surface area contributed by atoms with E-state index in [1.165, 1.54) is 6.07 Å². The van der Waals surface area contributed by atoms with Gasteiger partial charge in [0.25, 0.3) is 0 Å². The highest BCUT2D eigenvalue weighted by atomic mass is 32.1. The van der Waals surface area contributed by atoms with Crippen molar-refractivity contribution in [1.29, 1.82) is 0 Å². The van der Waals surface area contributed by atoms with Gasteiger partial charge in [0, 0.05) is 18.1 Å². The SMILES string of the molecule is Cc1csc(N(C)c2ccc(F)c(N)c2)n1. The summed E-state index contributed by atoms with van der Waals surface area (Å²) in [5.74, 6) is -0.396. The zero-order valence-corrected chi connectivity index (χ0v) is 9.88. The predicted molar refractivity (Wildman–Crippen MR) is 65.7 cm³/mol. The van der Waals surface area contributed by atoms with Gasteiger partial charge in [-0.2, -0.15) is 0 Å². The average Bonchev–Trinajstić information content (AvgIpc) is 2.68. The third-order valence-electron chi connectivity index (χ3n) is 2.26. The third kappa shape index (κ3) is 1.99. The van der Waals surface area contributed by atoms with E-state index in [1.54, 1.807) is 23.5 Å². The molecule has 5 heteroatoms. The lowest BCUT2D eigenvalue weighted by Gasteiger charge is -2.16. The first-order valence-corrected chi connectivity index (χ1v) is 5.67. The summed E-state index contributed by atoms with van der Waals surface area (Å²) >= 11 is 1.54. The van der Waals surface area contributed by atoms with Gasteiger partial charge in [-0.05, 0) is 25.1 Å². The number of nitrogens with two attached hydrogens (primary N) is 1. The molecule has 2 rings (SSSR count). The second kappa shape index (κ2) is 4.09. The maximum atomic E-state index is 13.0. The number of rotatable bonds is 2. The molecule has 1 aromatic carbocycles. The van der Waals surface area contributed by atoms with Gasteiger partial charge in [0.2, 0.25) is 0 Å². The van der Waals surface area contributed by atoms with E-state index in [0.717, 1.165) is 16.5 Å². The van der Waals surface area contributed by atoms with E-state index in [2.05, 4.69) is 4.98 Å². The molecule has 3 nitrogen and oxygen atoms in total. The monoisotopic (exact) mass is 237 g/mol. The van der Waals surface area contributed by atoms with Crippen LogP contribution in [0.5, 0.6) is 0 Å². The highest BCUT2D eigenvalue weighted by Gasteiger charge is 2.09. The van der Waals surface area contributed by atoms with Crippen LogP contribution in [0.2, 0.25) is 0 Å². The maximum absolute atomic E-state index is 13.0. The van der Waals surface area contributed by atoms with Gasteiger partial charge in [-0.1, -0.05) is 0 Å². The van der Waals surface area contributed by atoms with Crippen LogP contribution in [0.3, 0.4) is 0 Å². The highest BCUT2D eigenvalue weighted by molar-refractivity contribution is 7.13. The Hall–Kier alpha value is -1.62. The molecule has 0 aliphatic heterocycles. The Morgan fingerprint density at radius 1 is 1.44 bits per heavy atom. The zero-order chi connectivity index (χ0) is 11.7. The summed E-state index contributed by atoms with van der Waals surface area (Å²) in [6.45, 7) is 1.94. The van der Waals surface area contributed by atoms with Crippen molar-refractivity contribution in [1.82, 2.24) is 4.98 Å². The van der Waals surface area contributed by atoms with Crippen LogP contribution in [-0.4, -0.2) is 12.0 Å². The Kier molecular flexibility index (Phi) is 2.78. The molecule has 0 unspecified atom stereocenters. The van der Waals surface area contributed by atoms with Crippen LogP contribution in [0, 0.1) is 12.7 Å². The topological polar surface area (TPSA) is 42.1 Å². The number of nitrogens with zero attached hydrogens (tertiary/aromatic N) is 2. The Balaban J connectivity index is 2.33. The van der Waals surface area contributed by atoms with Gasteiger partial charge < -0.3 is 10.6 Å². The van der Waals surface area contributed by atoms with Gasteiger partial charge in [0.1, 0.15) is 5.82 Å². The van der Waals surface area contributed by atoms with E-state index in [0.29, 0.717) is 0 Å². The van der Waals surface area contributed by atoms with Crippen molar-refractivity contribution in [3.05, 3.63) is 35.1 Å². The molecule has 0 atom stereocenters.